The highest BCUT2D eigenvalue weighted by Crippen LogP contribution is 2.18. The zero-order chi connectivity index (χ0) is 11.4. The van der Waals surface area contributed by atoms with Gasteiger partial charge in [0.2, 0.25) is 0 Å². The summed E-state index contributed by atoms with van der Waals surface area (Å²) in [4.78, 5) is 0. The molecule has 1 unspecified atom stereocenters. The maximum Gasteiger partial charge on any atom is 0.129 e. The molecule has 0 aliphatic heterocycles. The van der Waals surface area contributed by atoms with E-state index in [0.717, 1.165) is 18.2 Å². The van der Waals surface area contributed by atoms with E-state index in [0.29, 0.717) is 6.54 Å². The SMILES string of the molecule is CC(C)C(CN)Oc1cc(F)cc(F)c1. The molecule has 15 heavy (non-hydrogen) atoms. The van der Waals surface area contributed by atoms with Crippen molar-refractivity contribution in [3.05, 3.63) is 29.8 Å². The molecule has 0 aliphatic rings. The molecule has 1 rings (SSSR count). The highest BCUT2D eigenvalue weighted by molar-refractivity contribution is 5.24. The quantitative estimate of drug-likeness (QED) is 0.836. The molecule has 0 amide bonds. The van der Waals surface area contributed by atoms with Crippen LogP contribution in [0.25, 0.3) is 0 Å². The van der Waals surface area contributed by atoms with Crippen molar-refractivity contribution in [3.8, 4) is 5.75 Å². The van der Waals surface area contributed by atoms with Crippen LogP contribution >= 0.6 is 0 Å². The Kier molecular flexibility index (Phi) is 4.03. The average Bonchev–Trinajstić information content (AvgIpc) is 2.12. The van der Waals surface area contributed by atoms with Crippen LogP contribution in [0.4, 0.5) is 8.78 Å². The van der Waals surface area contributed by atoms with Crippen LogP contribution < -0.4 is 10.5 Å². The van der Waals surface area contributed by atoms with E-state index < -0.39 is 11.6 Å². The van der Waals surface area contributed by atoms with Gasteiger partial charge in [-0.3, -0.25) is 0 Å². The van der Waals surface area contributed by atoms with Crippen molar-refractivity contribution in [1.82, 2.24) is 0 Å². The first kappa shape index (κ1) is 11.9. The maximum absolute atomic E-state index is 12.8. The third-order valence-electron chi connectivity index (χ3n) is 2.10. The van der Waals surface area contributed by atoms with E-state index >= 15 is 0 Å². The molecule has 84 valence electrons. The summed E-state index contributed by atoms with van der Waals surface area (Å²) < 4.78 is 31.0. The van der Waals surface area contributed by atoms with Gasteiger partial charge in [-0.15, -0.1) is 0 Å². The predicted molar refractivity (Wildman–Crippen MR) is 54.7 cm³/mol. The number of hydrogen-bond acceptors (Lipinski definition) is 2. The number of ether oxygens (including phenoxy) is 1. The van der Waals surface area contributed by atoms with Crippen LogP contribution in [0, 0.1) is 17.6 Å². The zero-order valence-corrected chi connectivity index (χ0v) is 8.84. The Bertz CT molecular complexity index is 308. The van der Waals surface area contributed by atoms with E-state index in [1.807, 2.05) is 13.8 Å². The molecule has 0 spiro atoms. The minimum absolute atomic E-state index is 0.177. The Morgan fingerprint density at radius 1 is 1.20 bits per heavy atom. The summed E-state index contributed by atoms with van der Waals surface area (Å²) in [5.41, 5.74) is 5.49. The lowest BCUT2D eigenvalue weighted by atomic mass is 10.1. The molecular weight excluding hydrogens is 200 g/mol. The molecule has 1 atom stereocenters. The summed E-state index contributed by atoms with van der Waals surface area (Å²) in [6.45, 7) is 4.19. The van der Waals surface area contributed by atoms with Crippen LogP contribution in [0.3, 0.4) is 0 Å². The predicted octanol–water partition coefficient (Wildman–Crippen LogP) is 2.33. The zero-order valence-electron chi connectivity index (χ0n) is 8.84. The van der Waals surface area contributed by atoms with Crippen molar-refractivity contribution in [1.29, 1.82) is 0 Å². The lowest BCUT2D eigenvalue weighted by Crippen LogP contribution is -2.31. The fourth-order valence-electron chi connectivity index (χ4n) is 1.23. The Balaban J connectivity index is 2.79. The minimum atomic E-state index is -0.649. The lowest BCUT2D eigenvalue weighted by Gasteiger charge is -2.20. The van der Waals surface area contributed by atoms with Gasteiger partial charge in [-0.25, -0.2) is 8.78 Å². The van der Waals surface area contributed by atoms with E-state index in [4.69, 9.17) is 10.5 Å². The number of benzene rings is 1. The minimum Gasteiger partial charge on any atom is -0.489 e. The molecule has 2 N–H and O–H groups in total. The molecule has 0 heterocycles. The number of hydrogen-bond donors (Lipinski definition) is 1. The van der Waals surface area contributed by atoms with Gasteiger partial charge in [0.25, 0.3) is 0 Å². The molecule has 0 saturated carbocycles. The monoisotopic (exact) mass is 215 g/mol. The van der Waals surface area contributed by atoms with Gasteiger partial charge in [-0.1, -0.05) is 13.8 Å². The van der Waals surface area contributed by atoms with E-state index in [1.165, 1.54) is 0 Å². The summed E-state index contributed by atoms with van der Waals surface area (Å²) in [6, 6.07) is 3.10. The van der Waals surface area contributed by atoms with Crippen LogP contribution in [-0.2, 0) is 0 Å². The van der Waals surface area contributed by atoms with E-state index in [2.05, 4.69) is 0 Å². The van der Waals surface area contributed by atoms with Crippen LogP contribution in [0.1, 0.15) is 13.8 Å². The first-order chi connectivity index (χ1) is 7.02. The normalized spacial score (nSPS) is 12.9. The average molecular weight is 215 g/mol. The standard InChI is InChI=1S/C11H15F2NO/c1-7(2)11(6-14)15-10-4-8(12)3-9(13)5-10/h3-5,7,11H,6,14H2,1-2H3. The first-order valence-corrected chi connectivity index (χ1v) is 4.85. The Labute approximate surface area is 88.0 Å². The van der Waals surface area contributed by atoms with Crippen LogP contribution in [-0.4, -0.2) is 12.6 Å². The van der Waals surface area contributed by atoms with Gasteiger partial charge >= 0.3 is 0 Å². The molecular formula is C11H15F2NO. The van der Waals surface area contributed by atoms with E-state index in [9.17, 15) is 8.78 Å². The maximum atomic E-state index is 12.8. The van der Waals surface area contributed by atoms with Crippen molar-refractivity contribution in [2.24, 2.45) is 11.7 Å². The molecule has 0 radical (unpaired) electrons. The van der Waals surface area contributed by atoms with Gasteiger partial charge in [0.05, 0.1) is 0 Å². The number of nitrogens with two attached hydrogens (primary N) is 1. The molecule has 1 aromatic carbocycles. The second-order valence-electron chi connectivity index (χ2n) is 3.74. The van der Waals surface area contributed by atoms with Crippen LogP contribution in [0.15, 0.2) is 18.2 Å². The van der Waals surface area contributed by atoms with Gasteiger partial charge in [0.15, 0.2) is 0 Å². The summed E-state index contributed by atoms with van der Waals surface area (Å²) in [6.07, 6.45) is -0.230. The summed E-state index contributed by atoms with van der Waals surface area (Å²) in [5.74, 6) is -0.924. The largest absolute Gasteiger partial charge is 0.489 e. The smallest absolute Gasteiger partial charge is 0.129 e. The number of halogens is 2. The molecule has 1 aromatic rings. The third-order valence-corrected chi connectivity index (χ3v) is 2.10. The Morgan fingerprint density at radius 2 is 1.73 bits per heavy atom. The molecule has 0 aromatic heterocycles. The first-order valence-electron chi connectivity index (χ1n) is 4.85. The van der Waals surface area contributed by atoms with Gasteiger partial charge < -0.3 is 10.5 Å². The van der Waals surface area contributed by atoms with Gasteiger partial charge in [-0.05, 0) is 5.92 Å². The van der Waals surface area contributed by atoms with Crippen molar-refractivity contribution >= 4 is 0 Å². The fraction of sp³-hybridized carbons (Fsp3) is 0.455. The van der Waals surface area contributed by atoms with E-state index in [1.54, 1.807) is 0 Å². The molecule has 0 saturated heterocycles. The Morgan fingerprint density at radius 3 is 2.13 bits per heavy atom. The van der Waals surface area contributed by atoms with E-state index in [-0.39, 0.29) is 17.8 Å². The topological polar surface area (TPSA) is 35.2 Å². The fourth-order valence-corrected chi connectivity index (χ4v) is 1.23. The molecule has 0 aliphatic carbocycles. The third kappa shape index (κ3) is 3.47. The summed E-state index contributed by atoms with van der Waals surface area (Å²) >= 11 is 0. The Hall–Kier alpha value is -1.16. The summed E-state index contributed by atoms with van der Waals surface area (Å²) in [7, 11) is 0. The molecule has 2 nitrogen and oxygen atoms in total. The van der Waals surface area contributed by atoms with Crippen molar-refractivity contribution in [2.75, 3.05) is 6.54 Å². The number of rotatable bonds is 4. The highest BCUT2D eigenvalue weighted by atomic mass is 19.1. The van der Waals surface area contributed by atoms with Crippen molar-refractivity contribution < 1.29 is 13.5 Å². The molecule has 0 bridgehead atoms. The van der Waals surface area contributed by atoms with Crippen LogP contribution in [0.2, 0.25) is 0 Å². The molecule has 0 fully saturated rings. The summed E-state index contributed by atoms with van der Waals surface area (Å²) in [5, 5.41) is 0. The van der Waals surface area contributed by atoms with Crippen molar-refractivity contribution in [2.45, 2.75) is 20.0 Å². The second kappa shape index (κ2) is 5.07. The van der Waals surface area contributed by atoms with Gasteiger partial charge in [-0.2, -0.15) is 0 Å². The lowest BCUT2D eigenvalue weighted by molar-refractivity contribution is 0.158. The second-order valence-corrected chi connectivity index (χ2v) is 3.74. The van der Waals surface area contributed by atoms with Gasteiger partial charge in [0, 0.05) is 24.7 Å². The van der Waals surface area contributed by atoms with Gasteiger partial charge in [0.1, 0.15) is 23.5 Å². The molecule has 4 heteroatoms. The van der Waals surface area contributed by atoms with Crippen molar-refractivity contribution in [3.63, 3.8) is 0 Å². The highest BCUT2D eigenvalue weighted by Gasteiger charge is 2.13. The van der Waals surface area contributed by atoms with Crippen LogP contribution in [0.5, 0.6) is 5.75 Å².